The van der Waals surface area contributed by atoms with Crippen LogP contribution >= 0.6 is 0 Å². The Balaban J connectivity index is 0.986. The largest absolute Gasteiger partial charge is 0.507 e. The first-order chi connectivity index (χ1) is 58.3. The van der Waals surface area contributed by atoms with Crippen molar-refractivity contribution in [3.05, 3.63) is 235 Å². The van der Waals surface area contributed by atoms with E-state index < -0.39 is 47.5 Å². The standard InChI is InChI=1S/C100H120O20/c1-9-97(41-17-13-18-42-97)117-53-49-113-93(105)69-33-25-65(26-34-69)89-73-57-78(86(110-6)61-81(73)101)91(67-29-37-71(38-30-67)95(107)115-51-55-119-99(11-3)45-21-15-22-46-99)75-59-80(88(112-8)63-83(75)103)92(68-31-39-72(40-32-68)96(108)116-52-56-120-100(12-4)47-23-16-24-48-100)76-60-79(87(111-7)64-84(76)104)90(74-58-77(89)85(109-5)62-82(74)102)66-27-35-70(36-28-66)94(106)114-50-54-118-98(10-2)43-19-14-20-44-98/h25-40,57-64,89-92,101-104H,9-24,41-56H2,1-8H3. The van der Waals surface area contributed by atoms with Gasteiger partial charge in [-0.2, -0.15) is 0 Å². The number of hydrogen-bond acceptors (Lipinski definition) is 20. The molecule has 0 amide bonds. The van der Waals surface area contributed by atoms with Crippen molar-refractivity contribution in [3.63, 3.8) is 0 Å². The van der Waals surface area contributed by atoms with Gasteiger partial charge in [-0.3, -0.25) is 0 Å². The number of esters is 4. The molecule has 640 valence electrons. The molecule has 0 spiro atoms. The van der Waals surface area contributed by atoms with Crippen molar-refractivity contribution in [1.29, 1.82) is 0 Å². The third kappa shape index (κ3) is 19.7. The summed E-state index contributed by atoms with van der Waals surface area (Å²) in [4.78, 5) is 56.7. The Kier molecular flexibility index (Phi) is 29.3. The summed E-state index contributed by atoms with van der Waals surface area (Å²) in [7, 11) is 5.91. The van der Waals surface area contributed by atoms with E-state index in [1.807, 2.05) is 0 Å². The van der Waals surface area contributed by atoms with E-state index in [0.29, 0.717) is 44.5 Å². The lowest BCUT2D eigenvalue weighted by molar-refractivity contribution is -0.0847. The minimum atomic E-state index is -1.06. The molecule has 0 heterocycles. The van der Waals surface area contributed by atoms with E-state index in [1.54, 1.807) is 121 Å². The molecule has 0 aliphatic heterocycles. The minimum Gasteiger partial charge on any atom is -0.507 e. The van der Waals surface area contributed by atoms with Crippen LogP contribution in [0.4, 0.5) is 0 Å². The molecular formula is C100H120O20. The Bertz CT molecular complexity index is 4190. The Hall–Kier alpha value is -10.1. The summed E-state index contributed by atoms with van der Waals surface area (Å²) in [6.07, 6.45) is 24.4. The molecule has 4 atom stereocenters. The van der Waals surface area contributed by atoms with Crippen molar-refractivity contribution < 1.29 is 96.4 Å². The van der Waals surface area contributed by atoms with Crippen LogP contribution in [0.25, 0.3) is 0 Å². The summed E-state index contributed by atoms with van der Waals surface area (Å²) < 4.78 is 74.9. The number of methoxy groups -OCH3 is 4. The second kappa shape index (κ2) is 40.0. The van der Waals surface area contributed by atoms with Crippen LogP contribution in [-0.2, 0) is 37.9 Å². The molecule has 5 aliphatic carbocycles. The Labute approximate surface area is 706 Å². The predicted molar refractivity (Wildman–Crippen MR) is 458 cm³/mol. The van der Waals surface area contributed by atoms with Crippen LogP contribution in [0.2, 0.25) is 0 Å². The van der Waals surface area contributed by atoms with Crippen molar-refractivity contribution >= 4 is 23.9 Å². The fourth-order valence-corrected chi connectivity index (χ4v) is 19.4. The highest BCUT2D eigenvalue weighted by Crippen LogP contribution is 2.55. The maximum absolute atomic E-state index is 14.2. The summed E-state index contributed by atoms with van der Waals surface area (Å²) in [6.45, 7) is 9.62. The normalized spacial score (nSPS) is 19.1. The molecule has 4 fully saturated rings. The van der Waals surface area contributed by atoms with E-state index in [2.05, 4.69) is 27.7 Å². The number of phenols is 4. The van der Waals surface area contributed by atoms with Gasteiger partial charge in [-0.25, -0.2) is 19.2 Å². The summed E-state index contributed by atoms with van der Waals surface area (Å²) in [5.74, 6) is -6.72. The molecule has 4 unspecified atom stereocenters. The molecule has 4 saturated carbocycles. The molecule has 120 heavy (non-hydrogen) atoms. The van der Waals surface area contributed by atoms with Crippen LogP contribution < -0.4 is 18.9 Å². The quantitative estimate of drug-likeness (QED) is 0.0173. The zero-order chi connectivity index (χ0) is 84.6. The number of rotatable bonds is 32. The summed E-state index contributed by atoms with van der Waals surface area (Å²) in [6, 6.07) is 40.7. The number of carbonyl (C=O) groups excluding carboxylic acids is 4. The maximum Gasteiger partial charge on any atom is 0.338 e. The van der Waals surface area contributed by atoms with Crippen LogP contribution in [0.5, 0.6) is 46.0 Å². The molecule has 20 heteroatoms. The second-order valence-corrected chi connectivity index (χ2v) is 33.2. The minimum absolute atomic E-state index is 0.0356. The smallest absolute Gasteiger partial charge is 0.338 e. The molecule has 5 aliphatic rings. The first-order valence-corrected chi connectivity index (χ1v) is 43.5. The van der Waals surface area contributed by atoms with Crippen molar-refractivity contribution in [2.75, 3.05) is 81.3 Å². The second-order valence-electron chi connectivity index (χ2n) is 33.2. The zero-order valence-corrected chi connectivity index (χ0v) is 71.1. The lowest BCUT2D eigenvalue weighted by Crippen LogP contribution is -2.35. The van der Waals surface area contributed by atoms with Gasteiger partial charge in [-0.15, -0.1) is 0 Å². The van der Waals surface area contributed by atoms with E-state index in [1.165, 1.54) is 78.4 Å². The van der Waals surface area contributed by atoms with Gasteiger partial charge in [0.15, 0.2) is 0 Å². The molecule has 0 saturated heterocycles. The van der Waals surface area contributed by atoms with Gasteiger partial charge in [-0.1, -0.05) is 153 Å². The van der Waals surface area contributed by atoms with Crippen LogP contribution in [0.3, 0.4) is 0 Å². The SMILES string of the molecule is CCC1(OCCOC(=O)c2ccc(C3c4cc(c(OC)cc4O)C(c4ccc(C(=O)OCCOC5(CC)CCCCC5)cc4)c4cc(c(OC)cc4O)C(c4ccc(C(=O)OCCOC5(CC)CCCCC5)cc4)c4cc(c(OC)cc4O)C(c4ccc(C(=O)OCCOC5(CC)CCCCC5)cc4)c4cc3c(OC)cc4O)cc2)CCCCC1. The average Bonchev–Trinajstić information content (AvgIpc) is 0.735. The zero-order valence-electron chi connectivity index (χ0n) is 71.1. The first kappa shape index (κ1) is 87.7. The molecule has 8 aromatic carbocycles. The van der Waals surface area contributed by atoms with Gasteiger partial charge in [0.1, 0.15) is 72.4 Å². The van der Waals surface area contributed by atoms with E-state index in [-0.39, 0.29) is 166 Å². The molecule has 0 aromatic heterocycles. The highest BCUT2D eigenvalue weighted by atomic mass is 16.6. The van der Waals surface area contributed by atoms with Crippen molar-refractivity contribution in [3.8, 4) is 46.0 Å². The van der Waals surface area contributed by atoms with E-state index in [0.717, 1.165) is 128 Å². The van der Waals surface area contributed by atoms with Gasteiger partial charge >= 0.3 is 23.9 Å². The topological polar surface area (TPSA) is 260 Å². The van der Waals surface area contributed by atoms with Crippen LogP contribution in [0.15, 0.2) is 146 Å². The molecule has 8 bridgehead atoms. The Morgan fingerprint density at radius 2 is 0.450 bits per heavy atom. The van der Waals surface area contributed by atoms with Crippen LogP contribution in [-0.4, -0.2) is 148 Å². The fraction of sp³-hybridized carbons (Fsp3) is 0.480. The van der Waals surface area contributed by atoms with E-state index >= 15 is 0 Å². The molecule has 8 aromatic rings. The number of ether oxygens (including phenoxy) is 12. The van der Waals surface area contributed by atoms with Gasteiger partial charge in [0, 0.05) is 92.4 Å². The maximum atomic E-state index is 14.2. The lowest BCUT2D eigenvalue weighted by atomic mass is 9.75. The third-order valence-corrected chi connectivity index (χ3v) is 26.5. The third-order valence-electron chi connectivity index (χ3n) is 26.5. The number of hydrogen-bond donors (Lipinski definition) is 4. The molecule has 13 rings (SSSR count). The summed E-state index contributed by atoms with van der Waals surface area (Å²) >= 11 is 0. The number of phenolic OH excluding ortho intramolecular Hbond substituents is 4. The van der Waals surface area contributed by atoms with Gasteiger partial charge < -0.3 is 77.3 Å². The number of carbonyl (C=O) groups is 4. The Morgan fingerprint density at radius 3 is 0.617 bits per heavy atom. The number of fused-ring (bicyclic) bond motifs is 8. The van der Waals surface area contributed by atoms with Crippen molar-refractivity contribution in [1.82, 2.24) is 0 Å². The van der Waals surface area contributed by atoms with E-state index in [4.69, 9.17) is 56.8 Å². The van der Waals surface area contributed by atoms with Crippen molar-refractivity contribution in [2.24, 2.45) is 0 Å². The molecule has 4 N–H and O–H groups in total. The Morgan fingerprint density at radius 1 is 0.267 bits per heavy atom. The van der Waals surface area contributed by atoms with Crippen molar-refractivity contribution in [2.45, 2.75) is 228 Å². The monoisotopic (exact) mass is 1640 g/mol. The van der Waals surface area contributed by atoms with Gasteiger partial charge in [-0.05, 0) is 172 Å². The summed E-state index contributed by atoms with van der Waals surface area (Å²) in [5, 5.41) is 52.5. The highest BCUT2D eigenvalue weighted by Gasteiger charge is 2.40. The summed E-state index contributed by atoms with van der Waals surface area (Å²) in [5.41, 5.74) is 4.91. The molecule has 20 nitrogen and oxygen atoms in total. The number of benzene rings is 8. The molecule has 0 radical (unpaired) electrons. The van der Waals surface area contributed by atoms with E-state index in [9.17, 15) is 39.6 Å². The first-order valence-electron chi connectivity index (χ1n) is 43.5. The van der Waals surface area contributed by atoms with Gasteiger partial charge in [0.05, 0.1) is 99.5 Å². The van der Waals surface area contributed by atoms with Gasteiger partial charge in [0.25, 0.3) is 0 Å². The fourth-order valence-electron chi connectivity index (χ4n) is 19.4. The van der Waals surface area contributed by atoms with Crippen LogP contribution in [0.1, 0.15) is 314 Å². The van der Waals surface area contributed by atoms with Crippen LogP contribution in [0, 0.1) is 0 Å². The molecular weight excluding hydrogens is 1520 g/mol. The van der Waals surface area contributed by atoms with Gasteiger partial charge in [0.2, 0.25) is 0 Å². The highest BCUT2D eigenvalue weighted by molar-refractivity contribution is 5.91. The average molecular weight is 1640 g/mol. The predicted octanol–water partition coefficient (Wildman–Crippen LogP) is 20.7. The lowest BCUT2D eigenvalue weighted by Gasteiger charge is -2.36. The number of aromatic hydroxyl groups is 4.